The Labute approximate surface area is 195 Å². The highest BCUT2D eigenvalue weighted by atomic mass is 16.6. The van der Waals surface area contributed by atoms with Gasteiger partial charge in [0.15, 0.2) is 6.10 Å². The minimum atomic E-state index is -2.02. The summed E-state index contributed by atoms with van der Waals surface area (Å²) in [5, 5.41) is 36.0. The molecule has 33 heavy (non-hydrogen) atoms. The molecule has 0 heterocycles. The van der Waals surface area contributed by atoms with Crippen LogP contribution in [0.25, 0.3) is 0 Å². The van der Waals surface area contributed by atoms with Crippen LogP contribution in [0, 0.1) is 34.5 Å². The second-order valence-corrected chi connectivity index (χ2v) is 11.1. The number of aliphatic hydroxyl groups is 3. The zero-order valence-electron chi connectivity index (χ0n) is 20.2. The molecule has 2 fully saturated rings. The number of hydrogen-bond acceptors (Lipinski definition) is 7. The average Bonchev–Trinajstić information content (AvgIpc) is 3.26. The molecule has 0 aromatic carbocycles. The Morgan fingerprint density at radius 2 is 1.97 bits per heavy atom. The molecule has 0 amide bonds. The number of allylic oxidation sites excluding steroid dienone is 1. The van der Waals surface area contributed by atoms with Crippen LogP contribution in [-0.2, 0) is 19.1 Å². The quantitative estimate of drug-likeness (QED) is 0.250. The summed E-state index contributed by atoms with van der Waals surface area (Å²) in [5.74, 6) is -0.637. The number of hydrogen-bond donors (Lipinski definition) is 3. The number of ether oxygens (including phenoxy) is 2. The molecule has 0 saturated heterocycles. The molecule has 5 unspecified atom stereocenters. The zero-order valence-corrected chi connectivity index (χ0v) is 20.2. The number of esters is 1. The molecule has 4 aliphatic rings. The van der Waals surface area contributed by atoms with Gasteiger partial charge in [-0.05, 0) is 61.5 Å². The van der Waals surface area contributed by atoms with E-state index >= 15 is 0 Å². The largest absolute Gasteiger partial charge is 0.463 e. The molecule has 4 rings (SSSR count). The van der Waals surface area contributed by atoms with Gasteiger partial charge in [-0.3, -0.25) is 4.79 Å². The normalized spacial score (nSPS) is 45.5. The number of rotatable bonds is 5. The Morgan fingerprint density at radius 1 is 1.30 bits per heavy atom. The van der Waals surface area contributed by atoms with E-state index in [1.165, 1.54) is 0 Å². The van der Waals surface area contributed by atoms with E-state index in [2.05, 4.69) is 13.8 Å². The van der Waals surface area contributed by atoms with Gasteiger partial charge in [-0.2, -0.15) is 0 Å². The summed E-state index contributed by atoms with van der Waals surface area (Å²) in [6.07, 6.45) is 2.34. The minimum absolute atomic E-state index is 0.00825. The second-order valence-electron chi connectivity index (χ2n) is 11.1. The molecule has 182 valence electrons. The molecule has 1 spiro atoms. The van der Waals surface area contributed by atoms with Crippen LogP contribution in [0.5, 0.6) is 0 Å². The Kier molecular flexibility index (Phi) is 5.70. The first-order valence-corrected chi connectivity index (χ1v) is 11.8. The first kappa shape index (κ1) is 24.2. The maximum Gasteiger partial charge on any atom is 0.334 e. The van der Waals surface area contributed by atoms with Gasteiger partial charge in [0.05, 0.1) is 11.5 Å². The fourth-order valence-corrected chi connectivity index (χ4v) is 7.34. The summed E-state index contributed by atoms with van der Waals surface area (Å²) in [4.78, 5) is 23.7. The van der Waals surface area contributed by atoms with E-state index in [1.807, 2.05) is 13.0 Å². The third-order valence-electron chi connectivity index (χ3n) is 9.28. The van der Waals surface area contributed by atoms with E-state index in [4.69, 9.17) is 9.47 Å². The molecular weight excluding hydrogens is 424 g/mol. The molecule has 4 aliphatic carbocycles. The fourth-order valence-electron chi connectivity index (χ4n) is 7.34. The van der Waals surface area contributed by atoms with Gasteiger partial charge in [0.25, 0.3) is 6.47 Å². The lowest BCUT2D eigenvalue weighted by Gasteiger charge is -2.52. The number of carbonyl (C=O) groups excluding carboxylic acids is 2. The van der Waals surface area contributed by atoms with E-state index in [1.54, 1.807) is 32.9 Å². The zero-order chi connectivity index (χ0) is 24.5. The Balaban J connectivity index is 1.90. The van der Waals surface area contributed by atoms with Gasteiger partial charge in [-0.1, -0.05) is 39.0 Å². The van der Waals surface area contributed by atoms with Crippen molar-refractivity contribution < 1.29 is 34.4 Å². The highest BCUT2D eigenvalue weighted by molar-refractivity contribution is 5.88. The molecule has 7 nitrogen and oxygen atoms in total. The smallest absolute Gasteiger partial charge is 0.334 e. The van der Waals surface area contributed by atoms with E-state index < -0.39 is 35.3 Å². The van der Waals surface area contributed by atoms with Crippen molar-refractivity contribution in [1.29, 1.82) is 0 Å². The fraction of sp³-hybridized carbons (Fsp3) is 0.692. The second kappa shape index (κ2) is 7.79. The third-order valence-corrected chi connectivity index (χ3v) is 9.28. The van der Waals surface area contributed by atoms with Crippen LogP contribution in [0.1, 0.15) is 48.0 Å². The molecule has 2 bridgehead atoms. The van der Waals surface area contributed by atoms with Crippen LogP contribution in [0.2, 0.25) is 0 Å². The lowest BCUT2D eigenvalue weighted by Crippen LogP contribution is -2.66. The van der Waals surface area contributed by atoms with Gasteiger partial charge in [0, 0.05) is 11.5 Å². The maximum absolute atomic E-state index is 12.7. The van der Waals surface area contributed by atoms with Crippen LogP contribution in [0.3, 0.4) is 0 Å². The lowest BCUT2D eigenvalue weighted by atomic mass is 9.58. The number of carbonyl (C=O) groups is 2. The van der Waals surface area contributed by atoms with E-state index in [0.29, 0.717) is 29.1 Å². The summed E-state index contributed by atoms with van der Waals surface area (Å²) >= 11 is 0. The van der Waals surface area contributed by atoms with Crippen LogP contribution >= 0.6 is 0 Å². The molecular formula is C26H36O7. The Hall–Kier alpha value is -1.96. The highest BCUT2D eigenvalue weighted by Crippen LogP contribution is 2.72. The van der Waals surface area contributed by atoms with Crippen LogP contribution < -0.4 is 0 Å². The van der Waals surface area contributed by atoms with Crippen molar-refractivity contribution in [2.45, 2.75) is 71.9 Å². The highest BCUT2D eigenvalue weighted by Gasteiger charge is 2.76. The molecule has 0 radical (unpaired) electrons. The maximum atomic E-state index is 12.7. The molecule has 0 aromatic heterocycles. The van der Waals surface area contributed by atoms with Crippen molar-refractivity contribution in [2.75, 3.05) is 6.61 Å². The van der Waals surface area contributed by atoms with Gasteiger partial charge in [-0.15, -0.1) is 0 Å². The van der Waals surface area contributed by atoms with Crippen molar-refractivity contribution in [2.24, 2.45) is 34.5 Å². The molecule has 7 heteroatoms. The van der Waals surface area contributed by atoms with Crippen LogP contribution in [-0.4, -0.2) is 58.3 Å². The molecule has 0 aromatic rings. The van der Waals surface area contributed by atoms with Crippen molar-refractivity contribution in [3.05, 3.63) is 34.9 Å². The minimum Gasteiger partial charge on any atom is -0.463 e. The standard InChI is InChI=1S/C26H36O7/c1-7-13(2)23(30)33-22-14(3)10-25-15(4)8-18-19(24(18,5)6)17(21(25)29)9-16(11-32-12-27)20(28)26(22,25)31/h7,9-10,12,15,17-22,28-29,31H,8,11H2,1-6H3/b13-7-/t15-,17+,18-,19+,20?,21?,22?,25?,26?/m1/s1. The van der Waals surface area contributed by atoms with Crippen molar-refractivity contribution in [3.63, 3.8) is 0 Å². The lowest BCUT2D eigenvalue weighted by molar-refractivity contribution is -0.223. The summed E-state index contributed by atoms with van der Waals surface area (Å²) in [6.45, 7) is 11.5. The van der Waals surface area contributed by atoms with Crippen LogP contribution in [0.4, 0.5) is 0 Å². The predicted molar refractivity (Wildman–Crippen MR) is 121 cm³/mol. The van der Waals surface area contributed by atoms with Gasteiger partial charge in [0.1, 0.15) is 18.3 Å². The van der Waals surface area contributed by atoms with E-state index in [0.717, 1.165) is 6.42 Å². The molecule has 2 saturated carbocycles. The molecule has 9 atom stereocenters. The number of aliphatic hydroxyl groups excluding tert-OH is 2. The van der Waals surface area contributed by atoms with Gasteiger partial charge in [-0.25, -0.2) is 4.79 Å². The Morgan fingerprint density at radius 3 is 2.58 bits per heavy atom. The van der Waals surface area contributed by atoms with Gasteiger partial charge >= 0.3 is 5.97 Å². The molecule has 0 aliphatic heterocycles. The summed E-state index contributed by atoms with van der Waals surface area (Å²) < 4.78 is 10.8. The third kappa shape index (κ3) is 3.05. The van der Waals surface area contributed by atoms with E-state index in [-0.39, 0.29) is 29.8 Å². The van der Waals surface area contributed by atoms with Crippen molar-refractivity contribution >= 4 is 12.4 Å². The van der Waals surface area contributed by atoms with Gasteiger partial charge in [0.2, 0.25) is 0 Å². The summed E-state index contributed by atoms with van der Waals surface area (Å²) in [6, 6.07) is 0. The monoisotopic (exact) mass is 460 g/mol. The van der Waals surface area contributed by atoms with Crippen LogP contribution in [0.15, 0.2) is 34.9 Å². The summed E-state index contributed by atoms with van der Waals surface area (Å²) in [7, 11) is 0. The van der Waals surface area contributed by atoms with E-state index in [9.17, 15) is 24.9 Å². The summed E-state index contributed by atoms with van der Waals surface area (Å²) in [5.41, 5.74) is -1.96. The topological polar surface area (TPSA) is 113 Å². The first-order chi connectivity index (χ1) is 15.4. The molecule has 3 N–H and O–H groups in total. The van der Waals surface area contributed by atoms with Gasteiger partial charge < -0.3 is 24.8 Å². The number of fused-ring (bicyclic) bond motifs is 3. The Bertz CT molecular complexity index is 946. The SMILES string of the molecule is C/C=C(/C)C(=O)OC1C(C)=CC23C(O)[C@@H](C=C(COC=O)C(O)C12O)[C@H]1[C@@H](C[C@H]3C)C1(C)C. The van der Waals surface area contributed by atoms with Crippen molar-refractivity contribution in [3.8, 4) is 0 Å². The predicted octanol–water partition coefficient (Wildman–Crippen LogP) is 2.30. The first-order valence-electron chi connectivity index (χ1n) is 11.8. The average molecular weight is 461 g/mol. The van der Waals surface area contributed by atoms with Crippen molar-refractivity contribution in [1.82, 2.24) is 0 Å².